The summed E-state index contributed by atoms with van der Waals surface area (Å²) in [5.74, 6) is 4.97. The standard InChI is InChI=1S/C15H26N2S/c1-10(2)5-14-9-18-15(17-14)16-8-13-7-11-3-4-12(13)6-11/h10-14H,3-9H2,1-2H3,(H,16,17). The highest BCUT2D eigenvalue weighted by Crippen LogP contribution is 2.48. The van der Waals surface area contributed by atoms with Gasteiger partial charge in [0.25, 0.3) is 0 Å². The number of aliphatic imine (C=N–C) groups is 1. The van der Waals surface area contributed by atoms with Crippen molar-refractivity contribution >= 4 is 16.9 Å². The lowest BCUT2D eigenvalue weighted by atomic mass is 9.89. The highest BCUT2D eigenvalue weighted by Gasteiger charge is 2.39. The van der Waals surface area contributed by atoms with Crippen LogP contribution in [-0.2, 0) is 0 Å². The van der Waals surface area contributed by atoms with Crippen LogP contribution in [-0.4, -0.2) is 23.5 Å². The van der Waals surface area contributed by atoms with Crippen LogP contribution in [0.1, 0.15) is 46.0 Å². The second-order valence-corrected chi connectivity index (χ2v) is 7.87. The maximum atomic E-state index is 4.85. The molecule has 3 rings (SSSR count). The second kappa shape index (κ2) is 5.44. The summed E-state index contributed by atoms with van der Waals surface area (Å²) < 4.78 is 0. The van der Waals surface area contributed by atoms with Crippen LogP contribution < -0.4 is 5.32 Å². The first-order valence-corrected chi connectivity index (χ1v) is 8.63. The van der Waals surface area contributed by atoms with Crippen LogP contribution >= 0.6 is 11.8 Å². The summed E-state index contributed by atoms with van der Waals surface area (Å²) in [6.07, 6.45) is 7.23. The molecule has 1 heterocycles. The molecule has 4 atom stereocenters. The monoisotopic (exact) mass is 266 g/mol. The third kappa shape index (κ3) is 2.87. The van der Waals surface area contributed by atoms with Crippen LogP contribution in [0.3, 0.4) is 0 Å². The quantitative estimate of drug-likeness (QED) is 0.842. The van der Waals surface area contributed by atoms with E-state index in [9.17, 15) is 0 Å². The predicted molar refractivity (Wildman–Crippen MR) is 80.1 cm³/mol. The SMILES string of the molecule is CC(C)CC1CSC(=NCC2CC3CCC2C3)N1. The summed E-state index contributed by atoms with van der Waals surface area (Å²) in [6.45, 7) is 5.69. The Morgan fingerprint density at radius 1 is 1.33 bits per heavy atom. The van der Waals surface area contributed by atoms with Crippen molar-refractivity contribution in [3.8, 4) is 0 Å². The Morgan fingerprint density at radius 2 is 2.22 bits per heavy atom. The lowest BCUT2D eigenvalue weighted by molar-refractivity contribution is 0.342. The van der Waals surface area contributed by atoms with Crippen molar-refractivity contribution in [1.82, 2.24) is 5.32 Å². The summed E-state index contributed by atoms with van der Waals surface area (Å²) in [5.41, 5.74) is 0. The number of hydrogen-bond donors (Lipinski definition) is 1. The van der Waals surface area contributed by atoms with Gasteiger partial charge >= 0.3 is 0 Å². The minimum atomic E-state index is 0.661. The average molecular weight is 266 g/mol. The zero-order valence-corrected chi connectivity index (χ0v) is 12.5. The van der Waals surface area contributed by atoms with Gasteiger partial charge in [0.15, 0.2) is 5.17 Å². The van der Waals surface area contributed by atoms with Crippen LogP contribution in [0.4, 0.5) is 0 Å². The molecule has 0 amide bonds. The van der Waals surface area contributed by atoms with Crippen LogP contribution in [0.25, 0.3) is 0 Å². The number of nitrogens with one attached hydrogen (secondary N) is 1. The molecule has 0 aromatic carbocycles. The topological polar surface area (TPSA) is 24.4 Å². The molecule has 2 saturated carbocycles. The molecule has 102 valence electrons. The fraction of sp³-hybridized carbons (Fsp3) is 0.933. The first-order chi connectivity index (χ1) is 8.70. The largest absolute Gasteiger partial charge is 0.361 e. The van der Waals surface area contributed by atoms with E-state index in [-0.39, 0.29) is 0 Å². The number of nitrogens with zero attached hydrogens (tertiary/aromatic N) is 1. The van der Waals surface area contributed by atoms with Gasteiger partial charge in [0.1, 0.15) is 0 Å². The molecule has 4 unspecified atom stereocenters. The smallest absolute Gasteiger partial charge is 0.156 e. The maximum absolute atomic E-state index is 4.85. The van der Waals surface area contributed by atoms with Gasteiger partial charge in [-0.15, -0.1) is 0 Å². The molecule has 0 radical (unpaired) electrons. The van der Waals surface area contributed by atoms with E-state index < -0.39 is 0 Å². The molecule has 3 fully saturated rings. The fourth-order valence-electron chi connectivity index (χ4n) is 4.03. The van der Waals surface area contributed by atoms with E-state index in [2.05, 4.69) is 19.2 Å². The molecule has 0 spiro atoms. The highest BCUT2D eigenvalue weighted by atomic mass is 32.2. The van der Waals surface area contributed by atoms with E-state index in [1.54, 1.807) is 0 Å². The van der Waals surface area contributed by atoms with Crippen molar-refractivity contribution in [3.63, 3.8) is 0 Å². The van der Waals surface area contributed by atoms with Gasteiger partial charge in [0.2, 0.25) is 0 Å². The lowest BCUT2D eigenvalue weighted by Crippen LogP contribution is -2.28. The van der Waals surface area contributed by atoms with Gasteiger partial charge in [-0.2, -0.15) is 0 Å². The number of fused-ring (bicyclic) bond motifs is 2. The van der Waals surface area contributed by atoms with E-state index in [0.29, 0.717) is 6.04 Å². The summed E-state index contributed by atoms with van der Waals surface area (Å²) in [5, 5.41) is 4.83. The van der Waals surface area contributed by atoms with Gasteiger partial charge in [0.05, 0.1) is 0 Å². The van der Waals surface area contributed by atoms with Crippen molar-refractivity contribution < 1.29 is 0 Å². The van der Waals surface area contributed by atoms with Gasteiger partial charge in [-0.1, -0.05) is 32.0 Å². The number of amidine groups is 1. The number of thioether (sulfide) groups is 1. The lowest BCUT2D eigenvalue weighted by Gasteiger charge is -2.19. The summed E-state index contributed by atoms with van der Waals surface area (Å²) in [6, 6.07) is 0.661. The molecule has 1 N–H and O–H groups in total. The van der Waals surface area contributed by atoms with Gasteiger partial charge in [-0.3, -0.25) is 4.99 Å². The van der Waals surface area contributed by atoms with Gasteiger partial charge < -0.3 is 5.32 Å². The molecular weight excluding hydrogens is 240 g/mol. The molecule has 0 aromatic heterocycles. The summed E-state index contributed by atoms with van der Waals surface area (Å²) in [4.78, 5) is 4.85. The maximum Gasteiger partial charge on any atom is 0.156 e. The molecule has 1 saturated heterocycles. The van der Waals surface area contributed by atoms with Crippen molar-refractivity contribution in [2.24, 2.45) is 28.7 Å². The molecule has 2 aliphatic carbocycles. The van der Waals surface area contributed by atoms with E-state index in [0.717, 1.165) is 30.2 Å². The zero-order valence-electron chi connectivity index (χ0n) is 11.7. The first kappa shape index (κ1) is 12.8. The van der Waals surface area contributed by atoms with E-state index in [1.807, 2.05) is 11.8 Å². The predicted octanol–water partition coefficient (Wildman–Crippen LogP) is 3.53. The molecular formula is C15H26N2S. The number of hydrogen-bond acceptors (Lipinski definition) is 2. The third-order valence-corrected chi connectivity index (χ3v) is 5.95. The highest BCUT2D eigenvalue weighted by molar-refractivity contribution is 8.14. The van der Waals surface area contributed by atoms with Crippen molar-refractivity contribution in [2.75, 3.05) is 12.3 Å². The second-order valence-electron chi connectivity index (χ2n) is 6.86. The van der Waals surface area contributed by atoms with E-state index in [1.165, 1.54) is 43.0 Å². The molecule has 2 nitrogen and oxygen atoms in total. The Bertz CT molecular complexity index is 326. The van der Waals surface area contributed by atoms with Gasteiger partial charge in [-0.25, -0.2) is 0 Å². The minimum absolute atomic E-state index is 0.661. The van der Waals surface area contributed by atoms with Gasteiger partial charge in [-0.05, 0) is 49.4 Å². The van der Waals surface area contributed by atoms with E-state index in [4.69, 9.17) is 4.99 Å². The molecule has 3 aliphatic rings. The molecule has 0 aromatic rings. The third-order valence-electron chi connectivity index (χ3n) is 4.86. The summed E-state index contributed by atoms with van der Waals surface area (Å²) >= 11 is 1.93. The number of rotatable bonds is 4. The van der Waals surface area contributed by atoms with Crippen LogP contribution in [0.15, 0.2) is 4.99 Å². The average Bonchev–Trinajstić information content (AvgIpc) is 3.00. The van der Waals surface area contributed by atoms with Crippen LogP contribution in [0, 0.1) is 23.7 Å². The Hall–Kier alpha value is -0.180. The Kier molecular flexibility index (Phi) is 3.88. The van der Waals surface area contributed by atoms with E-state index >= 15 is 0 Å². The van der Waals surface area contributed by atoms with Crippen molar-refractivity contribution in [1.29, 1.82) is 0 Å². The van der Waals surface area contributed by atoms with Crippen LogP contribution in [0.5, 0.6) is 0 Å². The van der Waals surface area contributed by atoms with Crippen molar-refractivity contribution in [2.45, 2.75) is 52.0 Å². The normalized spacial score (nSPS) is 40.9. The Morgan fingerprint density at radius 3 is 2.89 bits per heavy atom. The summed E-state index contributed by atoms with van der Waals surface area (Å²) in [7, 11) is 0. The molecule has 3 heteroatoms. The molecule has 2 bridgehead atoms. The zero-order chi connectivity index (χ0) is 12.5. The van der Waals surface area contributed by atoms with Crippen LogP contribution in [0.2, 0.25) is 0 Å². The Balaban J connectivity index is 1.46. The van der Waals surface area contributed by atoms with Gasteiger partial charge in [0, 0.05) is 18.3 Å². The molecule has 18 heavy (non-hydrogen) atoms. The fourth-order valence-corrected chi connectivity index (χ4v) is 5.02. The van der Waals surface area contributed by atoms with Crippen molar-refractivity contribution in [3.05, 3.63) is 0 Å². The minimum Gasteiger partial charge on any atom is -0.361 e. The molecule has 1 aliphatic heterocycles. The Labute approximate surface area is 115 Å². The first-order valence-electron chi connectivity index (χ1n) is 7.64.